The van der Waals surface area contributed by atoms with Gasteiger partial charge in [0.25, 0.3) is 0 Å². The van der Waals surface area contributed by atoms with E-state index in [4.69, 9.17) is 11.3 Å². The van der Waals surface area contributed by atoms with Crippen LogP contribution in [-0.4, -0.2) is 24.5 Å². The van der Waals surface area contributed by atoms with Crippen molar-refractivity contribution in [3.8, 4) is 0 Å². The third kappa shape index (κ3) is 2.61. The SMILES string of the molecule is CCC(NCCN=[N+]=[N-])(C(N)=O)C1CC1. The minimum atomic E-state index is -0.592. The number of nitrogens with one attached hydrogen (secondary N) is 1. The predicted octanol–water partition coefficient (Wildman–Crippen LogP) is 0.930. The molecule has 0 radical (unpaired) electrons. The highest BCUT2D eigenvalue weighted by atomic mass is 16.1. The van der Waals surface area contributed by atoms with E-state index in [9.17, 15) is 4.79 Å². The maximum absolute atomic E-state index is 11.5. The van der Waals surface area contributed by atoms with Crippen LogP contribution in [0.15, 0.2) is 5.11 Å². The van der Waals surface area contributed by atoms with Gasteiger partial charge in [-0.25, -0.2) is 0 Å². The number of primary amides is 1. The van der Waals surface area contributed by atoms with Crippen LogP contribution in [0.3, 0.4) is 0 Å². The van der Waals surface area contributed by atoms with Crippen LogP contribution in [0.4, 0.5) is 0 Å². The Kier molecular flexibility index (Phi) is 3.94. The van der Waals surface area contributed by atoms with E-state index >= 15 is 0 Å². The lowest BCUT2D eigenvalue weighted by molar-refractivity contribution is -0.125. The fourth-order valence-electron chi connectivity index (χ4n) is 1.97. The zero-order valence-corrected chi connectivity index (χ0v) is 8.94. The largest absolute Gasteiger partial charge is 0.368 e. The summed E-state index contributed by atoms with van der Waals surface area (Å²) in [6.45, 7) is 2.79. The van der Waals surface area contributed by atoms with Crippen molar-refractivity contribution in [2.45, 2.75) is 31.7 Å². The quantitative estimate of drug-likeness (QED) is 0.283. The predicted molar refractivity (Wildman–Crippen MR) is 57.0 cm³/mol. The number of nitrogens with zero attached hydrogens (tertiary/aromatic N) is 3. The van der Waals surface area contributed by atoms with Gasteiger partial charge in [0.15, 0.2) is 0 Å². The second-order valence-corrected chi connectivity index (χ2v) is 3.84. The number of hydrogen-bond acceptors (Lipinski definition) is 3. The lowest BCUT2D eigenvalue weighted by Crippen LogP contribution is -2.57. The molecule has 84 valence electrons. The number of nitrogens with two attached hydrogens (primary N) is 1. The number of carbonyl (C=O) groups excluding carboxylic acids is 1. The maximum Gasteiger partial charge on any atom is 0.238 e. The monoisotopic (exact) mass is 211 g/mol. The fourth-order valence-corrected chi connectivity index (χ4v) is 1.97. The highest BCUT2D eigenvalue weighted by Gasteiger charge is 2.47. The van der Waals surface area contributed by atoms with E-state index < -0.39 is 5.54 Å². The van der Waals surface area contributed by atoms with Crippen molar-refractivity contribution >= 4 is 5.91 Å². The third-order valence-electron chi connectivity index (χ3n) is 2.99. The van der Waals surface area contributed by atoms with E-state index in [0.29, 0.717) is 25.4 Å². The molecule has 1 rings (SSSR count). The zero-order chi connectivity index (χ0) is 11.3. The van der Waals surface area contributed by atoms with Crippen LogP contribution >= 0.6 is 0 Å². The van der Waals surface area contributed by atoms with Crippen LogP contribution in [0.2, 0.25) is 0 Å². The first-order valence-electron chi connectivity index (χ1n) is 5.23. The van der Waals surface area contributed by atoms with Crippen LogP contribution in [0.1, 0.15) is 26.2 Å². The lowest BCUT2D eigenvalue weighted by atomic mass is 9.89. The van der Waals surface area contributed by atoms with Crippen molar-refractivity contribution in [2.75, 3.05) is 13.1 Å². The van der Waals surface area contributed by atoms with Crippen molar-refractivity contribution < 1.29 is 4.79 Å². The van der Waals surface area contributed by atoms with E-state index in [2.05, 4.69) is 15.3 Å². The molecule has 15 heavy (non-hydrogen) atoms. The van der Waals surface area contributed by atoms with Crippen LogP contribution in [0.5, 0.6) is 0 Å². The molecule has 0 saturated heterocycles. The van der Waals surface area contributed by atoms with Crippen LogP contribution < -0.4 is 11.1 Å². The maximum atomic E-state index is 11.5. The molecule has 1 saturated carbocycles. The summed E-state index contributed by atoms with van der Waals surface area (Å²) >= 11 is 0. The van der Waals surface area contributed by atoms with E-state index in [-0.39, 0.29) is 5.91 Å². The molecule has 0 spiro atoms. The highest BCUT2D eigenvalue weighted by molar-refractivity contribution is 5.85. The second-order valence-electron chi connectivity index (χ2n) is 3.84. The summed E-state index contributed by atoms with van der Waals surface area (Å²) in [5, 5.41) is 6.55. The van der Waals surface area contributed by atoms with Gasteiger partial charge < -0.3 is 11.1 Å². The minimum Gasteiger partial charge on any atom is -0.368 e. The molecule has 1 unspecified atom stereocenters. The van der Waals surface area contributed by atoms with Gasteiger partial charge in [0.1, 0.15) is 5.54 Å². The van der Waals surface area contributed by atoms with E-state index in [1.807, 2.05) is 6.92 Å². The molecule has 0 bridgehead atoms. The van der Waals surface area contributed by atoms with Gasteiger partial charge in [-0.3, -0.25) is 4.79 Å². The molecule has 0 heterocycles. The Morgan fingerprint density at radius 2 is 2.40 bits per heavy atom. The molecular weight excluding hydrogens is 194 g/mol. The van der Waals surface area contributed by atoms with Gasteiger partial charge >= 0.3 is 0 Å². The lowest BCUT2D eigenvalue weighted by Gasteiger charge is -2.30. The molecule has 0 aromatic rings. The Bertz CT molecular complexity index is 282. The molecule has 0 aromatic heterocycles. The van der Waals surface area contributed by atoms with Crippen molar-refractivity contribution in [3.63, 3.8) is 0 Å². The first-order chi connectivity index (χ1) is 7.17. The number of rotatable bonds is 7. The number of azide groups is 1. The molecule has 3 N–H and O–H groups in total. The smallest absolute Gasteiger partial charge is 0.238 e. The Morgan fingerprint density at radius 1 is 1.73 bits per heavy atom. The van der Waals surface area contributed by atoms with Crippen LogP contribution in [-0.2, 0) is 4.79 Å². The van der Waals surface area contributed by atoms with Gasteiger partial charge in [-0.1, -0.05) is 12.0 Å². The molecule has 1 aliphatic carbocycles. The molecule has 0 aliphatic heterocycles. The normalized spacial score (nSPS) is 19.0. The summed E-state index contributed by atoms with van der Waals surface area (Å²) in [5.41, 5.74) is 13.0. The summed E-state index contributed by atoms with van der Waals surface area (Å²) in [7, 11) is 0. The van der Waals surface area contributed by atoms with Gasteiger partial charge in [-0.2, -0.15) is 0 Å². The molecule has 1 atom stereocenters. The number of hydrogen-bond donors (Lipinski definition) is 2. The van der Waals surface area contributed by atoms with Gasteiger partial charge in [0.05, 0.1) is 0 Å². The molecular formula is C9H17N5O. The topological polar surface area (TPSA) is 104 Å². The summed E-state index contributed by atoms with van der Waals surface area (Å²) in [4.78, 5) is 14.1. The van der Waals surface area contributed by atoms with E-state index in [1.54, 1.807) is 0 Å². The van der Waals surface area contributed by atoms with Gasteiger partial charge in [0.2, 0.25) is 5.91 Å². The third-order valence-corrected chi connectivity index (χ3v) is 2.99. The Labute approximate surface area is 88.8 Å². The fraction of sp³-hybridized carbons (Fsp3) is 0.889. The van der Waals surface area contributed by atoms with Crippen molar-refractivity contribution in [1.29, 1.82) is 0 Å². The van der Waals surface area contributed by atoms with Crippen LogP contribution in [0, 0.1) is 5.92 Å². The molecule has 6 heteroatoms. The van der Waals surface area contributed by atoms with Gasteiger partial charge in [-0.15, -0.1) is 0 Å². The van der Waals surface area contributed by atoms with E-state index in [1.165, 1.54) is 0 Å². The number of carbonyl (C=O) groups is 1. The highest BCUT2D eigenvalue weighted by Crippen LogP contribution is 2.41. The molecule has 1 amide bonds. The summed E-state index contributed by atoms with van der Waals surface area (Å²) < 4.78 is 0. The molecule has 1 fully saturated rings. The van der Waals surface area contributed by atoms with Gasteiger partial charge in [-0.05, 0) is 30.7 Å². The Hall–Kier alpha value is -1.26. The number of amides is 1. The average molecular weight is 211 g/mol. The second kappa shape index (κ2) is 5.00. The minimum absolute atomic E-state index is 0.298. The van der Waals surface area contributed by atoms with Crippen LogP contribution in [0.25, 0.3) is 10.4 Å². The standard InChI is InChI=1S/C9H17N5O/c1-2-9(8(10)15,7-3-4-7)12-5-6-13-14-11/h7,12H,2-6H2,1H3,(H2,10,15). The van der Waals surface area contributed by atoms with E-state index in [0.717, 1.165) is 12.8 Å². The summed E-state index contributed by atoms with van der Waals surface area (Å²) in [6, 6.07) is 0. The summed E-state index contributed by atoms with van der Waals surface area (Å²) in [6.07, 6.45) is 2.78. The molecule has 1 aliphatic rings. The average Bonchev–Trinajstić information content (AvgIpc) is 3.02. The van der Waals surface area contributed by atoms with Crippen molar-refractivity contribution in [3.05, 3.63) is 10.4 Å². The van der Waals surface area contributed by atoms with Crippen molar-refractivity contribution in [1.82, 2.24) is 5.32 Å². The molecule has 0 aromatic carbocycles. The summed E-state index contributed by atoms with van der Waals surface area (Å²) in [5.74, 6) is 0.0551. The first kappa shape index (κ1) is 11.8. The Morgan fingerprint density at radius 3 is 2.80 bits per heavy atom. The van der Waals surface area contributed by atoms with Gasteiger partial charge in [0, 0.05) is 18.0 Å². The Balaban J connectivity index is 2.55. The van der Waals surface area contributed by atoms with Crippen molar-refractivity contribution in [2.24, 2.45) is 16.8 Å². The molecule has 6 nitrogen and oxygen atoms in total. The zero-order valence-electron chi connectivity index (χ0n) is 8.94. The first-order valence-corrected chi connectivity index (χ1v) is 5.23.